The van der Waals surface area contributed by atoms with E-state index >= 15 is 0 Å². The molecule has 6 heteroatoms. The smallest absolute Gasteiger partial charge is 0.252 e. The van der Waals surface area contributed by atoms with Crippen LogP contribution in [0.15, 0.2) is 33.8 Å². The Morgan fingerprint density at radius 2 is 2.04 bits per heavy atom. The first kappa shape index (κ1) is 19.4. The van der Waals surface area contributed by atoms with Crippen LogP contribution in [0.1, 0.15) is 74.9 Å². The molecule has 1 aliphatic rings. The lowest BCUT2D eigenvalue weighted by Gasteiger charge is -2.26. The molecule has 1 N–H and O–H groups in total. The van der Waals surface area contributed by atoms with Crippen LogP contribution in [-0.4, -0.2) is 11.2 Å². The third kappa shape index (κ3) is 5.33. The van der Waals surface area contributed by atoms with Crippen LogP contribution in [0.3, 0.4) is 0 Å². The molecule has 27 heavy (non-hydrogen) atoms. The summed E-state index contributed by atoms with van der Waals surface area (Å²) in [7, 11) is 0. The summed E-state index contributed by atoms with van der Waals surface area (Å²) < 4.78 is 5.84. The summed E-state index contributed by atoms with van der Waals surface area (Å²) in [6.45, 7) is 2.24. The van der Waals surface area contributed by atoms with Crippen LogP contribution in [0.25, 0.3) is 0 Å². The van der Waals surface area contributed by atoms with Gasteiger partial charge in [-0.05, 0) is 49.3 Å². The Morgan fingerprint density at radius 1 is 1.30 bits per heavy atom. The Hall–Kier alpha value is -2.32. The summed E-state index contributed by atoms with van der Waals surface area (Å²) in [6, 6.07) is 9.41. The maximum Gasteiger partial charge on any atom is 0.252 e. The molecule has 1 aromatic carbocycles. The van der Waals surface area contributed by atoms with Crippen LogP contribution in [0, 0.1) is 17.2 Å². The largest absolute Gasteiger partial charge is 0.422 e. The number of oxazole rings is 1. The molecule has 1 saturated carbocycles. The number of hydrazone groups is 1. The standard InChI is InChI=1S/C21H25ClN4O/c1-2-3-4-15-5-9-17(10-6-15)20-25-19(13-23)21(27-20)26-24-14-16-7-11-18(22)12-8-16/h7-8,11-12,14-15,17,26H,2-6,9-10H2,1H3. The van der Waals surface area contributed by atoms with E-state index in [0.29, 0.717) is 22.7 Å². The molecule has 0 bridgehead atoms. The van der Waals surface area contributed by atoms with Crippen LogP contribution in [-0.2, 0) is 0 Å². The van der Waals surface area contributed by atoms with Gasteiger partial charge in [-0.15, -0.1) is 0 Å². The normalized spacial score (nSPS) is 19.9. The minimum atomic E-state index is 0.256. The molecule has 0 aliphatic heterocycles. The van der Waals surface area contributed by atoms with E-state index in [9.17, 15) is 5.26 Å². The molecule has 142 valence electrons. The van der Waals surface area contributed by atoms with Crippen molar-refractivity contribution >= 4 is 23.7 Å². The van der Waals surface area contributed by atoms with Crippen molar-refractivity contribution in [2.45, 2.75) is 57.8 Å². The van der Waals surface area contributed by atoms with Crippen LogP contribution in [0.5, 0.6) is 0 Å². The summed E-state index contributed by atoms with van der Waals surface area (Å²) in [5.74, 6) is 2.09. The zero-order chi connectivity index (χ0) is 19.1. The average molecular weight is 385 g/mol. The minimum absolute atomic E-state index is 0.256. The maximum atomic E-state index is 9.34. The Labute approximate surface area is 165 Å². The van der Waals surface area contributed by atoms with Crippen molar-refractivity contribution in [3.05, 3.63) is 46.4 Å². The molecule has 1 fully saturated rings. The summed E-state index contributed by atoms with van der Waals surface area (Å²) in [4.78, 5) is 4.40. The second-order valence-electron chi connectivity index (χ2n) is 7.12. The van der Waals surface area contributed by atoms with Gasteiger partial charge in [-0.3, -0.25) is 0 Å². The quantitative estimate of drug-likeness (QED) is 0.461. The van der Waals surface area contributed by atoms with E-state index in [0.717, 1.165) is 24.3 Å². The predicted octanol–water partition coefficient (Wildman–Crippen LogP) is 6.11. The number of nitrogens with one attached hydrogen (secondary N) is 1. The van der Waals surface area contributed by atoms with E-state index in [1.165, 1.54) is 32.1 Å². The molecule has 1 heterocycles. The van der Waals surface area contributed by atoms with E-state index < -0.39 is 0 Å². The molecule has 2 aromatic rings. The van der Waals surface area contributed by atoms with Gasteiger partial charge in [-0.25, -0.2) is 10.4 Å². The van der Waals surface area contributed by atoms with E-state index in [-0.39, 0.29) is 5.69 Å². The number of unbranched alkanes of at least 4 members (excludes halogenated alkanes) is 1. The van der Waals surface area contributed by atoms with E-state index in [1.54, 1.807) is 18.3 Å². The molecule has 3 rings (SSSR count). The van der Waals surface area contributed by atoms with Crippen molar-refractivity contribution < 1.29 is 4.42 Å². The van der Waals surface area contributed by atoms with E-state index in [2.05, 4.69) is 28.5 Å². The molecule has 0 amide bonds. The summed E-state index contributed by atoms with van der Waals surface area (Å²) >= 11 is 5.87. The van der Waals surface area contributed by atoms with Gasteiger partial charge in [-0.2, -0.15) is 10.4 Å². The van der Waals surface area contributed by atoms with Crippen molar-refractivity contribution in [2.24, 2.45) is 11.0 Å². The predicted molar refractivity (Wildman–Crippen MR) is 108 cm³/mol. The second-order valence-corrected chi connectivity index (χ2v) is 7.56. The van der Waals surface area contributed by atoms with Crippen molar-refractivity contribution in [1.29, 1.82) is 5.26 Å². The highest BCUT2D eigenvalue weighted by Gasteiger charge is 2.27. The molecule has 0 radical (unpaired) electrons. The first-order valence-corrected chi connectivity index (χ1v) is 10.0. The van der Waals surface area contributed by atoms with Crippen molar-refractivity contribution in [3.8, 4) is 6.07 Å². The third-order valence-electron chi connectivity index (χ3n) is 5.16. The fourth-order valence-electron chi connectivity index (χ4n) is 3.57. The molecular formula is C21H25ClN4O. The maximum absolute atomic E-state index is 9.34. The van der Waals surface area contributed by atoms with Gasteiger partial charge < -0.3 is 4.42 Å². The SMILES string of the molecule is CCCCC1CCC(c2nc(C#N)c(NN=Cc3ccc(Cl)cc3)o2)CC1. The van der Waals surface area contributed by atoms with Gasteiger partial charge >= 0.3 is 0 Å². The van der Waals surface area contributed by atoms with Gasteiger partial charge in [0.25, 0.3) is 5.88 Å². The number of nitriles is 1. The fourth-order valence-corrected chi connectivity index (χ4v) is 3.69. The first-order valence-electron chi connectivity index (χ1n) is 9.65. The first-order chi connectivity index (χ1) is 13.2. The molecule has 0 spiro atoms. The van der Waals surface area contributed by atoms with Gasteiger partial charge in [0, 0.05) is 10.9 Å². The fraction of sp³-hybridized carbons (Fsp3) is 0.476. The minimum Gasteiger partial charge on any atom is -0.422 e. The molecule has 0 unspecified atom stereocenters. The van der Waals surface area contributed by atoms with Gasteiger partial charge in [0.2, 0.25) is 11.6 Å². The topological polar surface area (TPSA) is 74.2 Å². The van der Waals surface area contributed by atoms with Gasteiger partial charge in [0.1, 0.15) is 6.07 Å². The summed E-state index contributed by atoms with van der Waals surface area (Å²) in [6.07, 6.45) is 10.1. The molecule has 5 nitrogen and oxygen atoms in total. The highest BCUT2D eigenvalue weighted by Crippen LogP contribution is 2.38. The average Bonchev–Trinajstić information content (AvgIpc) is 3.11. The number of nitrogens with zero attached hydrogens (tertiary/aromatic N) is 3. The lowest BCUT2D eigenvalue weighted by Crippen LogP contribution is -2.13. The summed E-state index contributed by atoms with van der Waals surface area (Å²) in [5.41, 5.74) is 3.96. The molecule has 1 aromatic heterocycles. The highest BCUT2D eigenvalue weighted by atomic mass is 35.5. The number of hydrogen-bond donors (Lipinski definition) is 1. The van der Waals surface area contributed by atoms with Gasteiger partial charge in [-0.1, -0.05) is 49.9 Å². The Balaban J connectivity index is 1.60. The highest BCUT2D eigenvalue weighted by molar-refractivity contribution is 6.30. The van der Waals surface area contributed by atoms with Crippen LogP contribution < -0.4 is 5.43 Å². The molecule has 0 saturated heterocycles. The van der Waals surface area contributed by atoms with Gasteiger partial charge in [0.15, 0.2) is 0 Å². The third-order valence-corrected chi connectivity index (χ3v) is 5.41. The van der Waals surface area contributed by atoms with Gasteiger partial charge in [0.05, 0.1) is 6.21 Å². The Morgan fingerprint density at radius 3 is 2.70 bits per heavy atom. The van der Waals surface area contributed by atoms with E-state index in [4.69, 9.17) is 16.0 Å². The Kier molecular flexibility index (Phi) is 6.89. The van der Waals surface area contributed by atoms with E-state index in [1.807, 2.05) is 12.1 Å². The number of benzene rings is 1. The number of hydrogen-bond acceptors (Lipinski definition) is 5. The monoisotopic (exact) mass is 384 g/mol. The lowest BCUT2D eigenvalue weighted by atomic mass is 9.80. The number of halogens is 1. The number of anilines is 1. The van der Waals surface area contributed by atoms with Crippen molar-refractivity contribution in [1.82, 2.24) is 4.98 Å². The van der Waals surface area contributed by atoms with Crippen LogP contribution >= 0.6 is 11.6 Å². The number of rotatable bonds is 7. The zero-order valence-electron chi connectivity index (χ0n) is 15.6. The van der Waals surface area contributed by atoms with Crippen molar-refractivity contribution in [2.75, 3.05) is 5.43 Å². The molecule has 0 atom stereocenters. The lowest BCUT2D eigenvalue weighted by molar-refractivity contribution is 0.278. The zero-order valence-corrected chi connectivity index (χ0v) is 16.4. The molecule has 1 aliphatic carbocycles. The van der Waals surface area contributed by atoms with Crippen LogP contribution in [0.4, 0.5) is 5.88 Å². The molecular weight excluding hydrogens is 360 g/mol. The van der Waals surface area contributed by atoms with Crippen molar-refractivity contribution in [3.63, 3.8) is 0 Å². The van der Waals surface area contributed by atoms with Crippen LogP contribution in [0.2, 0.25) is 5.02 Å². The second kappa shape index (κ2) is 9.57. The summed E-state index contributed by atoms with van der Waals surface area (Å²) in [5, 5.41) is 14.2. The number of aromatic nitrogens is 1. The Bertz CT molecular complexity index is 799.